The number of carbonyl (C=O) groups excluding carboxylic acids is 3. The maximum absolute atomic E-state index is 13.8. The number of alkyl carbamates (subject to hydrolysis) is 2. The molecule has 0 saturated carbocycles. The fourth-order valence-electron chi connectivity index (χ4n) is 6.44. The summed E-state index contributed by atoms with van der Waals surface area (Å²) in [7, 11) is 1.24. The fraction of sp³-hybridized carbons (Fsp3) is 0.474. The predicted octanol–water partition coefficient (Wildman–Crippen LogP) is 4.40. The Hall–Kier alpha value is -4.52. The maximum atomic E-state index is 13.8. The van der Waals surface area contributed by atoms with Gasteiger partial charge in [0.2, 0.25) is 5.91 Å². The van der Waals surface area contributed by atoms with Crippen molar-refractivity contribution < 1.29 is 38.4 Å². The number of amides is 3. The second-order valence-electron chi connectivity index (χ2n) is 14.0. The highest BCUT2D eigenvalue weighted by Gasteiger charge is 2.44. The second-order valence-corrected chi connectivity index (χ2v) is 14.0. The molecule has 4 N–H and O–H groups in total. The van der Waals surface area contributed by atoms with Crippen LogP contribution < -0.4 is 16.0 Å². The summed E-state index contributed by atoms with van der Waals surface area (Å²) in [4.78, 5) is 43.7. The van der Waals surface area contributed by atoms with Crippen LogP contribution in [0.4, 0.5) is 9.59 Å². The van der Waals surface area contributed by atoms with Gasteiger partial charge in [0.05, 0.1) is 44.1 Å². The van der Waals surface area contributed by atoms with Gasteiger partial charge in [0.1, 0.15) is 12.1 Å². The molecule has 0 aliphatic carbocycles. The monoisotopic (exact) mass is 688 g/mol. The summed E-state index contributed by atoms with van der Waals surface area (Å²) in [5.41, 5.74) is 2.95. The average molecular weight is 689 g/mol. The molecule has 3 heterocycles. The van der Waals surface area contributed by atoms with E-state index in [0.29, 0.717) is 19.4 Å². The molecule has 1 aromatic heterocycles. The molecule has 3 aromatic rings. The number of nitrogens with one attached hydrogen (secondary N) is 3. The Labute approximate surface area is 293 Å². The highest BCUT2D eigenvalue weighted by atomic mass is 16.7. The molecule has 12 heteroatoms. The van der Waals surface area contributed by atoms with Gasteiger partial charge in [0.25, 0.3) is 0 Å². The van der Waals surface area contributed by atoms with Crippen molar-refractivity contribution in [1.29, 1.82) is 0 Å². The van der Waals surface area contributed by atoms with Crippen LogP contribution in [0.2, 0.25) is 0 Å². The molecule has 2 aromatic carbocycles. The zero-order valence-corrected chi connectivity index (χ0v) is 29.0. The van der Waals surface area contributed by atoms with Crippen molar-refractivity contribution >= 4 is 18.1 Å². The Morgan fingerprint density at radius 1 is 0.900 bits per heavy atom. The molecule has 0 bridgehead atoms. The lowest BCUT2D eigenvalue weighted by molar-refractivity contribution is -0.126. The lowest BCUT2D eigenvalue weighted by Gasteiger charge is -2.33. The number of hydrogen-bond donors (Lipinski definition) is 4. The van der Waals surface area contributed by atoms with Crippen molar-refractivity contribution in [2.24, 2.45) is 11.3 Å². The normalized spacial score (nSPS) is 20.9. The average Bonchev–Trinajstić information content (AvgIpc) is 3.72. The first-order valence-corrected chi connectivity index (χ1v) is 17.1. The van der Waals surface area contributed by atoms with Gasteiger partial charge in [0, 0.05) is 17.8 Å². The van der Waals surface area contributed by atoms with Crippen LogP contribution in [0.3, 0.4) is 0 Å². The van der Waals surface area contributed by atoms with Gasteiger partial charge in [0.15, 0.2) is 6.29 Å². The molecule has 2 fully saturated rings. The summed E-state index contributed by atoms with van der Waals surface area (Å²) in [6.07, 6.45) is -0.0446. The highest BCUT2D eigenvalue weighted by Crippen LogP contribution is 2.33. The third-order valence-electron chi connectivity index (χ3n) is 9.15. The molecule has 4 unspecified atom stereocenters. The molecule has 5 rings (SSSR count). The van der Waals surface area contributed by atoms with E-state index in [0.717, 1.165) is 28.8 Å². The van der Waals surface area contributed by atoms with E-state index in [1.54, 1.807) is 6.20 Å². The van der Waals surface area contributed by atoms with Gasteiger partial charge in [-0.3, -0.25) is 9.78 Å². The predicted molar refractivity (Wildman–Crippen MR) is 186 cm³/mol. The molecule has 3 amide bonds. The van der Waals surface area contributed by atoms with E-state index in [2.05, 4.69) is 20.9 Å². The number of aliphatic hydroxyl groups is 1. The molecule has 2 aliphatic heterocycles. The molecule has 50 heavy (non-hydrogen) atoms. The van der Waals surface area contributed by atoms with Crippen molar-refractivity contribution in [3.8, 4) is 11.3 Å². The zero-order valence-electron chi connectivity index (χ0n) is 29.0. The number of pyridine rings is 1. The zero-order chi connectivity index (χ0) is 35.7. The summed E-state index contributed by atoms with van der Waals surface area (Å²) in [6, 6.07) is 20.8. The molecule has 2 saturated heterocycles. The van der Waals surface area contributed by atoms with Gasteiger partial charge in [-0.2, -0.15) is 0 Å². The first kappa shape index (κ1) is 36.8. The van der Waals surface area contributed by atoms with Gasteiger partial charge in [-0.25, -0.2) is 9.59 Å². The Morgan fingerprint density at radius 2 is 1.62 bits per heavy atom. The Balaban J connectivity index is 1.35. The number of carbonyl (C=O) groups is 3. The summed E-state index contributed by atoms with van der Waals surface area (Å²) in [5, 5.41) is 20.4. The van der Waals surface area contributed by atoms with Crippen molar-refractivity contribution in [2.45, 2.75) is 83.1 Å². The number of nitrogens with zero attached hydrogens (tertiary/aromatic N) is 1. The van der Waals surface area contributed by atoms with E-state index in [1.165, 1.54) is 7.11 Å². The number of rotatable bonds is 13. The summed E-state index contributed by atoms with van der Waals surface area (Å²) in [5.74, 6) is -0.456. The number of methoxy groups -OCH3 is 1. The van der Waals surface area contributed by atoms with Crippen LogP contribution in [0.5, 0.6) is 0 Å². The molecule has 2 aliphatic rings. The van der Waals surface area contributed by atoms with E-state index < -0.39 is 53.8 Å². The van der Waals surface area contributed by atoms with Gasteiger partial charge in [-0.15, -0.1) is 0 Å². The first-order chi connectivity index (χ1) is 24.0. The molecule has 0 radical (unpaired) electrons. The van der Waals surface area contributed by atoms with Crippen LogP contribution in [0.15, 0.2) is 79.0 Å². The third kappa shape index (κ3) is 10.0. The Bertz CT molecular complexity index is 1550. The molecule has 0 spiro atoms. The second kappa shape index (κ2) is 16.9. The molecule has 268 valence electrons. The topological polar surface area (TPSA) is 157 Å². The lowest BCUT2D eigenvalue weighted by Crippen LogP contribution is -2.56. The van der Waals surface area contributed by atoms with Gasteiger partial charge >= 0.3 is 12.2 Å². The number of aliphatic hydroxyl groups excluding tert-OH is 1. The largest absolute Gasteiger partial charge is 0.453 e. The SMILES string of the molecule is COC(=O)NC(C(=O)NC(Cc1ccc(-c2ccccn2)cc1)CC(O)C(Cc1ccccc1)NC(=O)O[C@H]1CO[C@H]2OCC[C@H]21)C(C)(C)C. The maximum Gasteiger partial charge on any atom is 0.407 e. The molecular formula is C38H48N4O8. The summed E-state index contributed by atoms with van der Waals surface area (Å²) in [6.45, 7) is 6.32. The number of hydrogen-bond acceptors (Lipinski definition) is 9. The van der Waals surface area contributed by atoms with Crippen LogP contribution in [-0.4, -0.2) is 85.1 Å². The number of benzene rings is 2. The lowest BCUT2D eigenvalue weighted by atomic mass is 9.85. The molecule has 7 atom stereocenters. The van der Waals surface area contributed by atoms with Crippen molar-refractivity contribution in [1.82, 2.24) is 20.9 Å². The Morgan fingerprint density at radius 3 is 2.30 bits per heavy atom. The number of aromatic nitrogens is 1. The van der Waals surface area contributed by atoms with Crippen molar-refractivity contribution in [2.75, 3.05) is 20.3 Å². The van der Waals surface area contributed by atoms with Crippen LogP contribution in [-0.2, 0) is 36.6 Å². The van der Waals surface area contributed by atoms with Crippen LogP contribution in [0.25, 0.3) is 11.3 Å². The van der Waals surface area contributed by atoms with E-state index in [1.807, 2.05) is 93.6 Å². The van der Waals surface area contributed by atoms with E-state index in [4.69, 9.17) is 18.9 Å². The standard InChI is InChI=1S/C38H48N4O8/c1-38(2,3)33(42-36(45)47-4)34(44)40-27(20-25-13-15-26(16-14-25)29-12-8-9-18-39-29)22-31(43)30(21-24-10-6-5-7-11-24)41-37(46)50-32-23-49-35-28(32)17-19-48-35/h5-16,18,27-28,30-33,35,43H,17,19-23H2,1-4H3,(H,40,44)(H,41,46)(H,42,45)/t27?,28-,30?,31?,32-,33?,35+/m0/s1. The van der Waals surface area contributed by atoms with E-state index in [9.17, 15) is 19.5 Å². The fourth-order valence-corrected chi connectivity index (χ4v) is 6.44. The highest BCUT2D eigenvalue weighted by molar-refractivity contribution is 5.86. The minimum atomic E-state index is -1.09. The van der Waals surface area contributed by atoms with Crippen molar-refractivity contribution in [3.05, 3.63) is 90.1 Å². The molecular weight excluding hydrogens is 640 g/mol. The first-order valence-electron chi connectivity index (χ1n) is 17.1. The minimum absolute atomic E-state index is 0.0312. The van der Waals surface area contributed by atoms with Gasteiger partial charge in [-0.1, -0.05) is 81.4 Å². The quantitative estimate of drug-likeness (QED) is 0.204. The van der Waals surface area contributed by atoms with Crippen molar-refractivity contribution in [3.63, 3.8) is 0 Å². The Kier molecular flexibility index (Phi) is 12.4. The van der Waals surface area contributed by atoms with Crippen LogP contribution >= 0.6 is 0 Å². The smallest absolute Gasteiger partial charge is 0.407 e. The number of fused-ring (bicyclic) bond motifs is 1. The van der Waals surface area contributed by atoms with E-state index in [-0.39, 0.29) is 25.2 Å². The summed E-state index contributed by atoms with van der Waals surface area (Å²) < 4.78 is 21.8. The van der Waals surface area contributed by atoms with Gasteiger partial charge < -0.3 is 40.0 Å². The summed E-state index contributed by atoms with van der Waals surface area (Å²) >= 11 is 0. The van der Waals surface area contributed by atoms with Crippen LogP contribution in [0, 0.1) is 11.3 Å². The van der Waals surface area contributed by atoms with E-state index >= 15 is 0 Å². The number of ether oxygens (including phenoxy) is 4. The molecule has 12 nitrogen and oxygen atoms in total. The minimum Gasteiger partial charge on any atom is -0.453 e. The van der Waals surface area contributed by atoms with Crippen LogP contribution in [0.1, 0.15) is 44.7 Å². The third-order valence-corrected chi connectivity index (χ3v) is 9.15. The van der Waals surface area contributed by atoms with Gasteiger partial charge in [-0.05, 0) is 54.4 Å².